The molecule has 4 heteroatoms. The molecular weight excluding hydrogens is 264 g/mol. The maximum absolute atomic E-state index is 12.6. The fraction of sp³-hybridized carbons (Fsp3) is 0.941. The third-order valence-electron chi connectivity index (χ3n) is 5.88. The van der Waals surface area contributed by atoms with Crippen LogP contribution in [0, 0.1) is 11.8 Å². The Morgan fingerprint density at radius 1 is 1.24 bits per heavy atom. The second-order valence-electron chi connectivity index (χ2n) is 7.14. The van der Waals surface area contributed by atoms with E-state index >= 15 is 0 Å². The van der Waals surface area contributed by atoms with Crippen LogP contribution in [0.1, 0.15) is 51.9 Å². The lowest BCUT2D eigenvalue weighted by Gasteiger charge is -2.43. The summed E-state index contributed by atoms with van der Waals surface area (Å²) < 4.78 is 5.19. The summed E-state index contributed by atoms with van der Waals surface area (Å²) in [7, 11) is 1.53. The van der Waals surface area contributed by atoms with Gasteiger partial charge in [0, 0.05) is 12.6 Å². The molecule has 0 bridgehead atoms. The van der Waals surface area contributed by atoms with E-state index in [0.29, 0.717) is 12.0 Å². The molecule has 0 aromatic rings. The van der Waals surface area contributed by atoms with Crippen LogP contribution >= 0.6 is 0 Å². The number of fused-ring (bicyclic) bond motifs is 1. The second kappa shape index (κ2) is 6.25. The first-order chi connectivity index (χ1) is 10.2. The van der Waals surface area contributed by atoms with Crippen molar-refractivity contribution >= 4 is 5.97 Å². The highest BCUT2D eigenvalue weighted by Gasteiger charge is 2.53. The fourth-order valence-corrected chi connectivity index (χ4v) is 4.78. The Bertz CT molecular complexity index is 383. The number of hydrogen-bond donors (Lipinski definition) is 1. The van der Waals surface area contributed by atoms with E-state index in [-0.39, 0.29) is 5.97 Å². The van der Waals surface area contributed by atoms with Gasteiger partial charge in [-0.15, -0.1) is 0 Å². The molecule has 0 radical (unpaired) electrons. The predicted octanol–water partition coefficient (Wildman–Crippen LogP) is 2.18. The van der Waals surface area contributed by atoms with Gasteiger partial charge in [-0.2, -0.15) is 0 Å². The van der Waals surface area contributed by atoms with Crippen LogP contribution in [0.15, 0.2) is 0 Å². The molecule has 1 heterocycles. The second-order valence-corrected chi connectivity index (χ2v) is 7.14. The third kappa shape index (κ3) is 2.85. The molecule has 4 nitrogen and oxygen atoms in total. The lowest BCUT2D eigenvalue weighted by Crippen LogP contribution is -2.63. The molecule has 3 aliphatic rings. The number of ether oxygens (including phenoxy) is 1. The number of nitrogens with one attached hydrogen (secondary N) is 1. The number of nitrogens with zero attached hydrogens (tertiary/aromatic N) is 1. The summed E-state index contributed by atoms with van der Waals surface area (Å²) >= 11 is 0. The summed E-state index contributed by atoms with van der Waals surface area (Å²) in [5, 5.41) is 3.52. The average molecular weight is 294 g/mol. The van der Waals surface area contributed by atoms with E-state index in [9.17, 15) is 4.79 Å². The molecule has 21 heavy (non-hydrogen) atoms. The van der Waals surface area contributed by atoms with Crippen molar-refractivity contribution in [3.63, 3.8) is 0 Å². The van der Waals surface area contributed by atoms with Gasteiger partial charge in [-0.1, -0.05) is 13.3 Å². The Hall–Kier alpha value is -0.610. The quantitative estimate of drug-likeness (QED) is 0.763. The molecule has 3 atom stereocenters. The smallest absolute Gasteiger partial charge is 0.327 e. The first kappa shape index (κ1) is 15.3. The van der Waals surface area contributed by atoms with Gasteiger partial charge >= 0.3 is 5.97 Å². The number of methoxy groups -OCH3 is 1. The Kier molecular flexibility index (Phi) is 4.55. The van der Waals surface area contributed by atoms with Crippen LogP contribution < -0.4 is 5.32 Å². The zero-order valence-corrected chi connectivity index (χ0v) is 13.6. The maximum Gasteiger partial charge on any atom is 0.327 e. The Labute approximate surface area is 128 Å². The maximum atomic E-state index is 12.6. The van der Waals surface area contributed by atoms with E-state index in [1.54, 1.807) is 0 Å². The average Bonchev–Trinajstić information content (AvgIpc) is 3.24. The van der Waals surface area contributed by atoms with Gasteiger partial charge in [0.15, 0.2) is 0 Å². The summed E-state index contributed by atoms with van der Waals surface area (Å²) in [6.45, 7) is 4.92. The normalized spacial score (nSPS) is 32.5. The predicted molar refractivity (Wildman–Crippen MR) is 83.1 cm³/mol. The van der Waals surface area contributed by atoms with Gasteiger partial charge in [0.2, 0.25) is 0 Å². The van der Waals surface area contributed by atoms with E-state index in [0.717, 1.165) is 38.4 Å². The van der Waals surface area contributed by atoms with Crippen molar-refractivity contribution in [1.29, 1.82) is 0 Å². The van der Waals surface area contributed by atoms with Crippen molar-refractivity contribution in [3.8, 4) is 0 Å². The molecular formula is C17H30N2O2. The number of hydrogen-bond acceptors (Lipinski definition) is 4. The zero-order valence-electron chi connectivity index (χ0n) is 13.6. The number of esters is 1. The largest absolute Gasteiger partial charge is 0.468 e. The van der Waals surface area contributed by atoms with Gasteiger partial charge in [0.25, 0.3) is 0 Å². The van der Waals surface area contributed by atoms with Crippen LogP contribution in [0.2, 0.25) is 0 Å². The molecule has 2 aliphatic carbocycles. The van der Waals surface area contributed by atoms with E-state index in [1.807, 2.05) is 0 Å². The van der Waals surface area contributed by atoms with Gasteiger partial charge in [-0.3, -0.25) is 4.90 Å². The van der Waals surface area contributed by atoms with Gasteiger partial charge in [-0.05, 0) is 63.5 Å². The number of carbonyl (C=O) groups is 1. The van der Waals surface area contributed by atoms with Crippen LogP contribution in [0.4, 0.5) is 0 Å². The zero-order chi connectivity index (χ0) is 14.9. The molecule has 2 saturated carbocycles. The Morgan fingerprint density at radius 2 is 2.00 bits per heavy atom. The van der Waals surface area contributed by atoms with Gasteiger partial charge < -0.3 is 10.1 Å². The van der Waals surface area contributed by atoms with Crippen molar-refractivity contribution < 1.29 is 9.53 Å². The van der Waals surface area contributed by atoms with Crippen LogP contribution in [0.3, 0.4) is 0 Å². The van der Waals surface area contributed by atoms with Gasteiger partial charge in [0.05, 0.1) is 7.11 Å². The minimum absolute atomic E-state index is 0.0491. The molecule has 3 fully saturated rings. The van der Waals surface area contributed by atoms with E-state index in [1.165, 1.54) is 39.2 Å². The molecule has 120 valence electrons. The number of rotatable bonds is 6. The monoisotopic (exact) mass is 294 g/mol. The topological polar surface area (TPSA) is 41.6 Å². The highest BCUT2D eigenvalue weighted by molar-refractivity contribution is 5.82. The standard InChI is InChI=1S/C17H30N2O2/c1-3-18-17(14-9-10-14,16(20)21-2)12-19-11-5-7-13-6-4-8-15(13)19/h13-15,18H,3-12H2,1-2H3. The SMILES string of the molecule is CCNC(CN1CCCC2CCCC21)(C(=O)OC)C1CC1. The lowest BCUT2D eigenvalue weighted by molar-refractivity contribution is -0.151. The first-order valence-corrected chi connectivity index (χ1v) is 8.78. The lowest BCUT2D eigenvalue weighted by atomic mass is 9.87. The summed E-state index contributed by atoms with van der Waals surface area (Å²) in [6, 6.07) is 0.709. The van der Waals surface area contributed by atoms with Crippen LogP contribution in [-0.2, 0) is 9.53 Å². The summed E-state index contributed by atoms with van der Waals surface area (Å²) in [4.78, 5) is 15.2. The molecule has 1 saturated heterocycles. The number of likely N-dealkylation sites (tertiary alicyclic amines) is 1. The Morgan fingerprint density at radius 3 is 2.67 bits per heavy atom. The summed E-state index contributed by atoms with van der Waals surface area (Å²) in [6.07, 6.45) is 9.05. The Balaban J connectivity index is 1.78. The summed E-state index contributed by atoms with van der Waals surface area (Å²) in [5.74, 6) is 1.29. The molecule has 0 spiro atoms. The van der Waals surface area contributed by atoms with Crippen molar-refractivity contribution in [3.05, 3.63) is 0 Å². The molecule has 3 unspecified atom stereocenters. The van der Waals surface area contributed by atoms with Gasteiger partial charge in [0.1, 0.15) is 5.54 Å². The number of carbonyl (C=O) groups excluding carboxylic acids is 1. The minimum atomic E-state index is -0.464. The van der Waals surface area contributed by atoms with Crippen molar-refractivity contribution in [2.24, 2.45) is 11.8 Å². The molecule has 0 amide bonds. The van der Waals surface area contributed by atoms with E-state index in [4.69, 9.17) is 4.74 Å². The van der Waals surface area contributed by atoms with Crippen molar-refractivity contribution in [1.82, 2.24) is 10.2 Å². The molecule has 1 aliphatic heterocycles. The highest BCUT2D eigenvalue weighted by atomic mass is 16.5. The first-order valence-electron chi connectivity index (χ1n) is 8.78. The van der Waals surface area contributed by atoms with E-state index in [2.05, 4.69) is 17.1 Å². The third-order valence-corrected chi connectivity index (χ3v) is 5.88. The van der Waals surface area contributed by atoms with Crippen LogP contribution in [0.25, 0.3) is 0 Å². The van der Waals surface area contributed by atoms with Gasteiger partial charge in [-0.25, -0.2) is 4.79 Å². The highest BCUT2D eigenvalue weighted by Crippen LogP contribution is 2.43. The minimum Gasteiger partial charge on any atom is -0.468 e. The molecule has 3 rings (SSSR count). The van der Waals surface area contributed by atoms with Crippen LogP contribution in [-0.4, -0.2) is 49.2 Å². The fourth-order valence-electron chi connectivity index (χ4n) is 4.78. The molecule has 0 aromatic carbocycles. The van der Waals surface area contributed by atoms with Crippen molar-refractivity contribution in [2.45, 2.75) is 63.5 Å². The van der Waals surface area contributed by atoms with Crippen LogP contribution in [0.5, 0.6) is 0 Å². The number of piperidine rings is 1. The number of likely N-dealkylation sites (N-methyl/N-ethyl adjacent to an activating group) is 1. The van der Waals surface area contributed by atoms with E-state index < -0.39 is 5.54 Å². The summed E-state index contributed by atoms with van der Waals surface area (Å²) in [5.41, 5.74) is -0.464. The molecule has 0 aromatic heterocycles. The van der Waals surface area contributed by atoms with Crippen molar-refractivity contribution in [2.75, 3.05) is 26.7 Å². The molecule has 1 N–H and O–H groups in total.